The Morgan fingerprint density at radius 3 is 2.83 bits per heavy atom. The van der Waals surface area contributed by atoms with Gasteiger partial charge in [-0.25, -0.2) is 0 Å². The Hall–Kier alpha value is -1.09. The van der Waals surface area contributed by atoms with Crippen LogP contribution in [0.1, 0.15) is 0 Å². The second kappa shape index (κ2) is 3.54. The third kappa shape index (κ3) is 1.56. The van der Waals surface area contributed by atoms with Gasteiger partial charge in [-0.1, -0.05) is 0 Å². The monoisotopic (exact) mass is 230 g/mol. The second-order valence-corrected chi connectivity index (χ2v) is 3.32. The van der Waals surface area contributed by atoms with E-state index >= 15 is 0 Å². The van der Waals surface area contributed by atoms with Crippen LogP contribution in [0.4, 0.5) is 5.69 Å². The van der Waals surface area contributed by atoms with E-state index in [-0.39, 0.29) is 11.6 Å². The molecule has 12 heavy (non-hydrogen) atoms. The molecule has 1 aromatic heterocycles. The van der Waals surface area contributed by atoms with Gasteiger partial charge in [0.1, 0.15) is 0 Å². The molecule has 1 heterocycles. The third-order valence-corrected chi connectivity index (χ3v) is 2.28. The van der Waals surface area contributed by atoms with Crippen LogP contribution in [0.5, 0.6) is 5.88 Å². The van der Waals surface area contributed by atoms with E-state index < -0.39 is 4.92 Å². The Labute approximate surface area is 77.4 Å². The number of rotatable bonds is 2. The van der Waals surface area contributed by atoms with Gasteiger partial charge in [0.2, 0.25) is 0 Å². The molecule has 0 saturated carbocycles. The van der Waals surface area contributed by atoms with Crippen molar-refractivity contribution < 1.29 is 9.66 Å². The van der Waals surface area contributed by atoms with Crippen molar-refractivity contribution in [2.24, 2.45) is 0 Å². The van der Waals surface area contributed by atoms with E-state index in [0.717, 1.165) is 0 Å². The van der Waals surface area contributed by atoms with Crippen molar-refractivity contribution in [3.8, 4) is 5.88 Å². The van der Waals surface area contributed by atoms with E-state index in [2.05, 4.69) is 4.98 Å². The average molecular weight is 230 g/mol. The normalized spacial score (nSPS) is 9.50. The van der Waals surface area contributed by atoms with Crippen LogP contribution in [0.3, 0.4) is 0 Å². The molecule has 64 valence electrons. The molecular weight excluding hydrogens is 223 g/mol. The van der Waals surface area contributed by atoms with Crippen LogP contribution in [0.2, 0.25) is 0 Å². The molecule has 0 aliphatic heterocycles. The number of nitrogens with zero attached hydrogens (tertiary/aromatic N) is 2. The van der Waals surface area contributed by atoms with Gasteiger partial charge < -0.3 is 0 Å². The summed E-state index contributed by atoms with van der Waals surface area (Å²) in [4.78, 5) is 13.7. The first-order valence-electron chi connectivity index (χ1n) is 3.09. The molecule has 0 radical (unpaired) electrons. The topological polar surface area (TPSA) is 65.3 Å². The Morgan fingerprint density at radius 1 is 1.75 bits per heavy atom. The van der Waals surface area contributed by atoms with E-state index in [9.17, 15) is 10.1 Å². The predicted octanol–water partition coefficient (Wildman–Crippen LogP) is -0.743. The van der Waals surface area contributed by atoms with Crippen molar-refractivity contribution in [1.29, 1.82) is 0 Å². The standard InChI is InChI=1S/C6H7AsN2O3/c1-12-6-5(9(10)11)4(7)2-3-8-6/h2-3H,7H2,1H3. The van der Waals surface area contributed by atoms with Crippen molar-refractivity contribution in [3.05, 3.63) is 22.4 Å². The van der Waals surface area contributed by atoms with Gasteiger partial charge in [0, 0.05) is 0 Å². The molecule has 0 bridgehead atoms. The summed E-state index contributed by atoms with van der Waals surface area (Å²) in [7, 11) is 1.36. The first kappa shape index (κ1) is 9.00. The molecule has 1 unspecified atom stereocenters. The average Bonchev–Trinajstić information content (AvgIpc) is 2.03. The SMILES string of the molecule is COc1nccc([AsH2])c1[N+](=O)[O-]. The maximum atomic E-state index is 10.5. The van der Waals surface area contributed by atoms with Gasteiger partial charge in [-0.05, 0) is 0 Å². The minimum absolute atomic E-state index is 0.0417. The van der Waals surface area contributed by atoms with Crippen LogP contribution >= 0.6 is 0 Å². The fourth-order valence-corrected chi connectivity index (χ4v) is 1.44. The molecule has 1 rings (SSSR count). The molecule has 0 saturated heterocycles. The Kier molecular flexibility index (Phi) is 2.65. The van der Waals surface area contributed by atoms with Crippen molar-refractivity contribution in [1.82, 2.24) is 4.98 Å². The van der Waals surface area contributed by atoms with E-state index in [0.29, 0.717) is 4.35 Å². The fraction of sp³-hybridized carbons (Fsp3) is 0.167. The first-order chi connectivity index (χ1) is 5.66. The third-order valence-electron chi connectivity index (χ3n) is 1.30. The van der Waals surface area contributed by atoms with Crippen LogP contribution < -0.4 is 9.09 Å². The van der Waals surface area contributed by atoms with Crippen LogP contribution in [0.25, 0.3) is 0 Å². The molecule has 0 amide bonds. The summed E-state index contributed by atoms with van der Waals surface area (Å²) in [6, 6.07) is 1.60. The molecule has 0 aliphatic carbocycles. The number of nitro groups is 1. The Morgan fingerprint density at radius 2 is 2.42 bits per heavy atom. The number of ether oxygens (including phenoxy) is 1. The molecule has 0 N–H and O–H groups in total. The molecule has 0 aliphatic rings. The number of aromatic nitrogens is 1. The maximum absolute atomic E-state index is 10.5. The molecule has 0 aromatic carbocycles. The first-order valence-corrected chi connectivity index (χ1v) is 4.30. The summed E-state index contributed by atoms with van der Waals surface area (Å²) < 4.78 is 5.36. The zero-order chi connectivity index (χ0) is 9.14. The van der Waals surface area contributed by atoms with Crippen LogP contribution in [-0.2, 0) is 0 Å². The molecule has 0 fully saturated rings. The van der Waals surface area contributed by atoms with Crippen molar-refractivity contribution in [2.75, 3.05) is 7.11 Å². The van der Waals surface area contributed by atoms with Gasteiger partial charge in [0.05, 0.1) is 0 Å². The molecule has 5 nitrogen and oxygen atoms in total. The summed E-state index contributed by atoms with van der Waals surface area (Å²) in [5.41, 5.74) is -0.0417. The number of pyridine rings is 1. The zero-order valence-electron chi connectivity index (χ0n) is 6.35. The Balaban J connectivity index is 3.29. The molecule has 6 heteroatoms. The van der Waals surface area contributed by atoms with Crippen LogP contribution in [-0.4, -0.2) is 33.9 Å². The van der Waals surface area contributed by atoms with Crippen LogP contribution in [0.15, 0.2) is 12.3 Å². The predicted molar refractivity (Wildman–Crippen MR) is 45.6 cm³/mol. The van der Waals surface area contributed by atoms with Gasteiger partial charge in [0.25, 0.3) is 0 Å². The minimum atomic E-state index is -0.483. The number of hydrogen-bond donors (Lipinski definition) is 0. The second-order valence-electron chi connectivity index (χ2n) is 2.02. The van der Waals surface area contributed by atoms with Gasteiger partial charge >= 0.3 is 76.9 Å². The van der Waals surface area contributed by atoms with Gasteiger partial charge in [-0.15, -0.1) is 0 Å². The Bertz CT molecular complexity index is 316. The molecule has 1 aromatic rings. The number of methoxy groups -OCH3 is 1. The van der Waals surface area contributed by atoms with Crippen LogP contribution in [0, 0.1) is 10.1 Å². The zero-order valence-corrected chi connectivity index (χ0v) is 8.77. The van der Waals surface area contributed by atoms with Gasteiger partial charge in [-0.3, -0.25) is 0 Å². The van der Waals surface area contributed by atoms with Crippen molar-refractivity contribution >= 4 is 26.9 Å². The summed E-state index contributed by atoms with van der Waals surface area (Å²) in [6.07, 6.45) is 1.49. The van der Waals surface area contributed by atoms with E-state index in [1.165, 1.54) is 30.2 Å². The molecule has 0 spiro atoms. The number of hydrogen-bond acceptors (Lipinski definition) is 4. The van der Waals surface area contributed by atoms with E-state index in [1.54, 1.807) is 6.07 Å². The summed E-state index contributed by atoms with van der Waals surface area (Å²) >= 11 is 1.18. The van der Waals surface area contributed by atoms with E-state index in [4.69, 9.17) is 4.74 Å². The van der Waals surface area contributed by atoms with Crippen molar-refractivity contribution in [2.45, 2.75) is 0 Å². The molecule has 1 atom stereocenters. The van der Waals surface area contributed by atoms with E-state index in [1.807, 2.05) is 0 Å². The van der Waals surface area contributed by atoms with Gasteiger partial charge in [-0.2, -0.15) is 0 Å². The summed E-state index contributed by atoms with van der Waals surface area (Å²) in [5.74, 6) is 0.0712. The van der Waals surface area contributed by atoms with Gasteiger partial charge in [0.15, 0.2) is 0 Å². The van der Waals surface area contributed by atoms with Crippen molar-refractivity contribution in [3.63, 3.8) is 0 Å². The quantitative estimate of drug-likeness (QED) is 0.381. The fourth-order valence-electron chi connectivity index (χ4n) is 0.782. The molecular formula is C6H7AsN2O3. The summed E-state index contributed by atoms with van der Waals surface area (Å²) in [5, 5.41) is 10.5. The summed E-state index contributed by atoms with van der Waals surface area (Å²) in [6.45, 7) is 0.